The Morgan fingerprint density at radius 1 is 1.32 bits per heavy atom. The third-order valence-electron chi connectivity index (χ3n) is 3.77. The summed E-state index contributed by atoms with van der Waals surface area (Å²) in [6.45, 7) is 6.59. The van der Waals surface area contributed by atoms with E-state index in [1.807, 2.05) is 26.0 Å². The molecule has 1 aliphatic rings. The Kier molecular flexibility index (Phi) is 6.78. The predicted octanol–water partition coefficient (Wildman–Crippen LogP) is 3.43. The summed E-state index contributed by atoms with van der Waals surface area (Å²) < 4.78 is 17.1. The number of hydrogen-bond acceptors (Lipinski definition) is 5. The van der Waals surface area contributed by atoms with E-state index in [2.05, 4.69) is 26.2 Å². The highest BCUT2D eigenvalue weighted by molar-refractivity contribution is 9.10. The molecule has 1 aliphatic heterocycles. The second-order valence-electron chi connectivity index (χ2n) is 5.38. The molecule has 1 aromatic carbocycles. The Bertz CT molecular complexity index is 708. The summed E-state index contributed by atoms with van der Waals surface area (Å²) >= 11 is 8.73. The van der Waals surface area contributed by atoms with Crippen LogP contribution in [0.5, 0.6) is 11.5 Å². The second-order valence-corrected chi connectivity index (χ2v) is 6.62. The normalized spacial score (nSPS) is 19.7. The Balaban J connectivity index is 2.52. The molecule has 0 saturated carbocycles. The van der Waals surface area contributed by atoms with Crippen LogP contribution in [0.25, 0.3) is 0 Å². The molecule has 6 nitrogen and oxygen atoms in total. The fourth-order valence-corrected chi connectivity index (χ4v) is 3.59. The third kappa shape index (κ3) is 4.30. The van der Waals surface area contributed by atoms with E-state index in [1.165, 1.54) is 7.11 Å². The van der Waals surface area contributed by atoms with Gasteiger partial charge in [0.15, 0.2) is 16.6 Å². The number of hydrogen-bond donors (Lipinski definition) is 1. The number of rotatable bonds is 6. The summed E-state index contributed by atoms with van der Waals surface area (Å²) in [7, 11) is 1.36. The van der Waals surface area contributed by atoms with Gasteiger partial charge in [0.2, 0.25) is 0 Å². The van der Waals surface area contributed by atoms with Crippen molar-refractivity contribution in [1.29, 1.82) is 0 Å². The smallest absolute Gasteiger partial charge is 0.316 e. The fourth-order valence-electron chi connectivity index (χ4n) is 2.74. The van der Waals surface area contributed by atoms with E-state index in [1.54, 1.807) is 6.92 Å². The van der Waals surface area contributed by atoms with E-state index in [4.69, 9.17) is 26.4 Å². The number of nitrogens with zero attached hydrogens (tertiary/aromatic N) is 1. The number of methoxy groups -OCH3 is 1. The minimum Gasteiger partial charge on any atom is -0.490 e. The highest BCUT2D eigenvalue weighted by Gasteiger charge is 2.37. The minimum atomic E-state index is -0.573. The molecule has 1 N–H and O–H groups in total. The molecule has 0 bridgehead atoms. The highest BCUT2D eigenvalue weighted by atomic mass is 79.9. The molecular formula is C17H21BrN2O4S. The van der Waals surface area contributed by atoms with Gasteiger partial charge in [-0.1, -0.05) is 0 Å². The molecule has 0 fully saturated rings. The lowest BCUT2D eigenvalue weighted by Gasteiger charge is -2.31. The van der Waals surface area contributed by atoms with Crippen LogP contribution < -0.4 is 14.8 Å². The number of benzene rings is 1. The summed E-state index contributed by atoms with van der Waals surface area (Å²) in [5.74, 6) is 0.289. The first-order chi connectivity index (χ1) is 11.9. The van der Waals surface area contributed by atoms with Crippen LogP contribution in [-0.2, 0) is 9.53 Å². The predicted molar refractivity (Wildman–Crippen MR) is 104 cm³/mol. The van der Waals surface area contributed by atoms with Crippen LogP contribution >= 0.6 is 28.1 Å². The van der Waals surface area contributed by atoms with E-state index >= 15 is 0 Å². The lowest BCUT2D eigenvalue weighted by Crippen LogP contribution is -2.44. The average molecular weight is 429 g/mol. The summed E-state index contributed by atoms with van der Waals surface area (Å²) in [5.41, 5.74) is 1.44. The van der Waals surface area contributed by atoms with Crippen LogP contribution in [-0.4, -0.2) is 37.1 Å². The Labute approximate surface area is 161 Å². The molecule has 2 unspecified atom stereocenters. The number of aliphatic imine (C=N–C) groups is 1. The molecule has 1 aromatic rings. The molecule has 0 amide bonds. The van der Waals surface area contributed by atoms with E-state index < -0.39 is 12.0 Å². The summed E-state index contributed by atoms with van der Waals surface area (Å²) in [4.78, 5) is 16.5. The van der Waals surface area contributed by atoms with Crippen molar-refractivity contribution in [2.75, 3.05) is 20.3 Å². The number of thiocarbonyl (C=S) groups is 1. The van der Waals surface area contributed by atoms with Gasteiger partial charge in [-0.05, 0) is 66.6 Å². The molecule has 2 atom stereocenters. The van der Waals surface area contributed by atoms with Crippen LogP contribution in [0.2, 0.25) is 0 Å². The zero-order chi connectivity index (χ0) is 18.6. The molecule has 0 saturated heterocycles. The van der Waals surface area contributed by atoms with Gasteiger partial charge in [-0.25, -0.2) is 4.99 Å². The van der Waals surface area contributed by atoms with Gasteiger partial charge in [-0.3, -0.25) is 4.79 Å². The number of carbonyl (C=O) groups is 1. The van der Waals surface area contributed by atoms with Gasteiger partial charge in [-0.2, -0.15) is 0 Å². The molecular weight excluding hydrogens is 408 g/mol. The monoisotopic (exact) mass is 428 g/mol. The van der Waals surface area contributed by atoms with Gasteiger partial charge in [0, 0.05) is 5.71 Å². The van der Waals surface area contributed by atoms with Gasteiger partial charge < -0.3 is 19.5 Å². The van der Waals surface area contributed by atoms with E-state index in [0.717, 1.165) is 10.0 Å². The molecule has 25 heavy (non-hydrogen) atoms. The van der Waals surface area contributed by atoms with E-state index in [0.29, 0.717) is 35.5 Å². The molecule has 0 aliphatic carbocycles. The van der Waals surface area contributed by atoms with Crippen molar-refractivity contribution >= 4 is 44.9 Å². The Morgan fingerprint density at radius 3 is 2.60 bits per heavy atom. The molecule has 0 radical (unpaired) electrons. The molecule has 0 aromatic heterocycles. The number of carbonyl (C=O) groups excluding carboxylic acids is 1. The van der Waals surface area contributed by atoms with Crippen molar-refractivity contribution in [1.82, 2.24) is 5.32 Å². The minimum absolute atomic E-state index is 0.339. The molecule has 0 spiro atoms. The maximum Gasteiger partial charge on any atom is 0.316 e. The van der Waals surface area contributed by atoms with Gasteiger partial charge in [0.1, 0.15) is 5.92 Å². The molecule has 2 rings (SSSR count). The van der Waals surface area contributed by atoms with Gasteiger partial charge in [-0.15, -0.1) is 0 Å². The highest BCUT2D eigenvalue weighted by Crippen LogP contribution is 2.40. The SMILES string of the molecule is CCOc1cc(C2NC(=S)N=C(C)C2C(=O)OC)cc(Br)c1OCC. The molecule has 136 valence electrons. The molecule has 8 heteroatoms. The van der Waals surface area contributed by atoms with Crippen molar-refractivity contribution in [3.63, 3.8) is 0 Å². The maximum absolute atomic E-state index is 12.3. The van der Waals surface area contributed by atoms with Gasteiger partial charge in [0.05, 0.1) is 30.8 Å². The van der Waals surface area contributed by atoms with Crippen LogP contribution in [0.1, 0.15) is 32.4 Å². The van der Waals surface area contributed by atoms with Crippen LogP contribution in [0.15, 0.2) is 21.6 Å². The van der Waals surface area contributed by atoms with Crippen molar-refractivity contribution in [2.24, 2.45) is 10.9 Å². The summed E-state index contributed by atoms with van der Waals surface area (Å²) in [5, 5.41) is 3.44. The average Bonchev–Trinajstić information content (AvgIpc) is 2.56. The Hall–Kier alpha value is -1.67. The lowest BCUT2D eigenvalue weighted by atomic mass is 9.88. The topological polar surface area (TPSA) is 69.2 Å². The molecule has 1 heterocycles. The van der Waals surface area contributed by atoms with Crippen molar-refractivity contribution in [3.05, 3.63) is 22.2 Å². The van der Waals surface area contributed by atoms with E-state index in [-0.39, 0.29) is 5.97 Å². The number of ether oxygens (including phenoxy) is 3. The first kappa shape index (κ1) is 19.7. The number of esters is 1. The zero-order valence-corrected chi connectivity index (χ0v) is 17.0. The zero-order valence-electron chi connectivity index (χ0n) is 14.6. The summed E-state index contributed by atoms with van der Waals surface area (Å²) in [6, 6.07) is 3.35. The van der Waals surface area contributed by atoms with Crippen LogP contribution in [0, 0.1) is 5.92 Å². The maximum atomic E-state index is 12.3. The van der Waals surface area contributed by atoms with E-state index in [9.17, 15) is 4.79 Å². The van der Waals surface area contributed by atoms with Gasteiger partial charge >= 0.3 is 5.97 Å². The number of nitrogens with one attached hydrogen (secondary N) is 1. The quantitative estimate of drug-likeness (QED) is 0.552. The second kappa shape index (κ2) is 8.62. The third-order valence-corrected chi connectivity index (χ3v) is 4.57. The standard InChI is InChI=1S/C17H21BrN2O4S/c1-5-23-12-8-10(7-11(18)15(12)24-6-2)14-13(16(21)22-4)9(3)19-17(25)20-14/h7-8,13-14H,5-6H2,1-4H3,(H,20,25). The van der Waals surface area contributed by atoms with Gasteiger partial charge in [0.25, 0.3) is 0 Å². The fraction of sp³-hybridized carbons (Fsp3) is 0.471. The lowest BCUT2D eigenvalue weighted by molar-refractivity contribution is -0.143. The largest absolute Gasteiger partial charge is 0.490 e. The summed E-state index contributed by atoms with van der Waals surface area (Å²) in [6.07, 6.45) is 0. The van der Waals surface area contributed by atoms with Crippen LogP contribution in [0.4, 0.5) is 0 Å². The Morgan fingerprint density at radius 2 is 2.00 bits per heavy atom. The van der Waals surface area contributed by atoms with Crippen molar-refractivity contribution in [2.45, 2.75) is 26.8 Å². The first-order valence-electron chi connectivity index (χ1n) is 7.95. The number of halogens is 1. The first-order valence-corrected chi connectivity index (χ1v) is 9.15. The van der Waals surface area contributed by atoms with Crippen molar-refractivity contribution < 1.29 is 19.0 Å². The van der Waals surface area contributed by atoms with Crippen molar-refractivity contribution in [3.8, 4) is 11.5 Å². The van der Waals surface area contributed by atoms with Crippen LogP contribution in [0.3, 0.4) is 0 Å².